The average Bonchev–Trinajstić information content (AvgIpc) is 3.24. The standard InChI is InChI=1S/C16H21N3O4/c1-23-11-9-13(15(20)18-7-2-3-8-18)19(10-11)14-6-4-5-12(17-14)16(21)22/h4-6,11,13H,2-3,7-10H2,1H3,(H,21,22)/t11-,13-/m0/s1. The number of methoxy groups -OCH3 is 1. The molecule has 2 aliphatic rings. The second-order valence-electron chi connectivity index (χ2n) is 5.98. The van der Waals surface area contributed by atoms with E-state index < -0.39 is 5.97 Å². The molecular formula is C16H21N3O4. The third kappa shape index (κ3) is 3.14. The lowest BCUT2D eigenvalue weighted by molar-refractivity contribution is -0.131. The molecule has 1 amide bonds. The number of anilines is 1. The van der Waals surface area contributed by atoms with Crippen LogP contribution in [0.25, 0.3) is 0 Å². The molecule has 1 aromatic heterocycles. The van der Waals surface area contributed by atoms with Crippen LogP contribution in [0.4, 0.5) is 5.82 Å². The lowest BCUT2D eigenvalue weighted by atomic mass is 10.1. The molecule has 0 saturated carbocycles. The first kappa shape index (κ1) is 15.7. The van der Waals surface area contributed by atoms with E-state index >= 15 is 0 Å². The average molecular weight is 319 g/mol. The van der Waals surface area contributed by atoms with Crippen LogP contribution in [0.15, 0.2) is 18.2 Å². The SMILES string of the molecule is CO[C@H]1C[C@@H](C(=O)N2CCCC2)N(c2cccc(C(=O)O)n2)C1. The number of rotatable bonds is 4. The molecule has 7 nitrogen and oxygen atoms in total. The minimum atomic E-state index is -1.07. The smallest absolute Gasteiger partial charge is 0.354 e. The predicted octanol–water partition coefficient (Wildman–Crippen LogP) is 0.996. The monoisotopic (exact) mass is 319 g/mol. The van der Waals surface area contributed by atoms with Crippen LogP contribution in [0, 0.1) is 0 Å². The number of aromatic nitrogens is 1. The first-order valence-electron chi connectivity index (χ1n) is 7.88. The largest absolute Gasteiger partial charge is 0.477 e. The predicted molar refractivity (Wildman–Crippen MR) is 83.6 cm³/mol. The molecular weight excluding hydrogens is 298 g/mol. The highest BCUT2D eigenvalue weighted by atomic mass is 16.5. The van der Waals surface area contributed by atoms with E-state index in [1.54, 1.807) is 19.2 Å². The van der Waals surface area contributed by atoms with Crippen LogP contribution >= 0.6 is 0 Å². The Kier molecular flexibility index (Phi) is 4.47. The van der Waals surface area contributed by atoms with Crippen LogP contribution in [-0.2, 0) is 9.53 Å². The van der Waals surface area contributed by atoms with Gasteiger partial charge in [0.1, 0.15) is 11.9 Å². The summed E-state index contributed by atoms with van der Waals surface area (Å²) >= 11 is 0. The third-order valence-electron chi connectivity index (χ3n) is 4.55. The lowest BCUT2D eigenvalue weighted by Gasteiger charge is -2.28. The van der Waals surface area contributed by atoms with E-state index in [0.717, 1.165) is 25.9 Å². The summed E-state index contributed by atoms with van der Waals surface area (Å²) in [6.45, 7) is 2.13. The highest BCUT2D eigenvalue weighted by molar-refractivity contribution is 5.87. The molecule has 2 aliphatic heterocycles. The number of carboxylic acid groups (broad SMARTS) is 1. The summed E-state index contributed by atoms with van der Waals surface area (Å²) in [5.41, 5.74) is -0.0178. The molecule has 3 rings (SSSR count). The number of carbonyl (C=O) groups excluding carboxylic acids is 1. The molecule has 23 heavy (non-hydrogen) atoms. The highest BCUT2D eigenvalue weighted by Gasteiger charge is 2.40. The van der Waals surface area contributed by atoms with E-state index in [0.29, 0.717) is 18.8 Å². The molecule has 0 aliphatic carbocycles. The number of carbonyl (C=O) groups is 2. The number of hydrogen-bond donors (Lipinski definition) is 1. The number of pyridine rings is 1. The molecule has 2 atom stereocenters. The molecule has 0 unspecified atom stereocenters. The number of nitrogens with zero attached hydrogens (tertiary/aromatic N) is 3. The Labute approximate surface area is 134 Å². The van der Waals surface area contributed by atoms with Gasteiger partial charge < -0.3 is 19.6 Å². The number of hydrogen-bond acceptors (Lipinski definition) is 5. The van der Waals surface area contributed by atoms with E-state index in [4.69, 9.17) is 9.84 Å². The van der Waals surface area contributed by atoms with Gasteiger partial charge in [-0.2, -0.15) is 0 Å². The van der Waals surface area contributed by atoms with Crippen molar-refractivity contribution in [3.05, 3.63) is 23.9 Å². The highest BCUT2D eigenvalue weighted by Crippen LogP contribution is 2.28. The molecule has 1 aromatic rings. The molecule has 0 radical (unpaired) electrons. The Morgan fingerprint density at radius 1 is 1.30 bits per heavy atom. The Balaban J connectivity index is 1.86. The van der Waals surface area contributed by atoms with Crippen molar-refractivity contribution in [3.8, 4) is 0 Å². The summed E-state index contributed by atoms with van der Waals surface area (Å²) in [4.78, 5) is 31.9. The van der Waals surface area contributed by atoms with Crippen LogP contribution in [-0.4, -0.2) is 65.8 Å². The molecule has 124 valence electrons. The summed E-state index contributed by atoms with van der Waals surface area (Å²) < 4.78 is 5.43. The maximum absolute atomic E-state index is 12.8. The topological polar surface area (TPSA) is 83.0 Å². The maximum atomic E-state index is 12.8. The van der Waals surface area contributed by atoms with Crippen molar-refractivity contribution >= 4 is 17.7 Å². The summed E-state index contributed by atoms with van der Waals surface area (Å²) in [6, 6.07) is 4.51. The Bertz CT molecular complexity index is 601. The molecule has 7 heteroatoms. The van der Waals surface area contributed by atoms with Crippen LogP contribution in [0.5, 0.6) is 0 Å². The van der Waals surface area contributed by atoms with Gasteiger partial charge in [-0.15, -0.1) is 0 Å². The zero-order valence-corrected chi connectivity index (χ0v) is 13.1. The van der Waals surface area contributed by atoms with Crippen molar-refractivity contribution in [2.75, 3.05) is 31.6 Å². The van der Waals surface area contributed by atoms with E-state index in [-0.39, 0.29) is 23.7 Å². The van der Waals surface area contributed by atoms with Crippen molar-refractivity contribution in [3.63, 3.8) is 0 Å². The first-order valence-corrected chi connectivity index (χ1v) is 7.88. The van der Waals surface area contributed by atoms with Gasteiger partial charge in [-0.25, -0.2) is 9.78 Å². The fourth-order valence-corrected chi connectivity index (χ4v) is 3.31. The van der Waals surface area contributed by atoms with Crippen LogP contribution in [0.2, 0.25) is 0 Å². The van der Waals surface area contributed by atoms with Crippen LogP contribution in [0.1, 0.15) is 29.8 Å². The van der Waals surface area contributed by atoms with Gasteiger partial charge in [0, 0.05) is 33.2 Å². The second kappa shape index (κ2) is 6.54. The van der Waals surface area contributed by atoms with Gasteiger partial charge in [0.15, 0.2) is 5.69 Å². The molecule has 0 bridgehead atoms. The van der Waals surface area contributed by atoms with Crippen molar-refractivity contribution in [2.45, 2.75) is 31.4 Å². The molecule has 2 fully saturated rings. The van der Waals surface area contributed by atoms with Crippen molar-refractivity contribution in [2.24, 2.45) is 0 Å². The fourth-order valence-electron chi connectivity index (χ4n) is 3.31. The van der Waals surface area contributed by atoms with Crippen molar-refractivity contribution in [1.29, 1.82) is 0 Å². The number of likely N-dealkylation sites (tertiary alicyclic amines) is 1. The van der Waals surface area contributed by atoms with E-state index in [2.05, 4.69) is 4.98 Å². The fraction of sp³-hybridized carbons (Fsp3) is 0.562. The zero-order valence-electron chi connectivity index (χ0n) is 13.1. The Morgan fingerprint density at radius 2 is 2.04 bits per heavy atom. The maximum Gasteiger partial charge on any atom is 0.354 e. The summed E-state index contributed by atoms with van der Waals surface area (Å²) in [7, 11) is 1.63. The van der Waals surface area contributed by atoms with Crippen LogP contribution in [0.3, 0.4) is 0 Å². The number of aromatic carboxylic acids is 1. The minimum Gasteiger partial charge on any atom is -0.477 e. The summed E-state index contributed by atoms with van der Waals surface area (Å²) in [6.07, 6.45) is 2.63. The first-order chi connectivity index (χ1) is 11.1. The van der Waals surface area contributed by atoms with E-state index in [9.17, 15) is 9.59 Å². The second-order valence-corrected chi connectivity index (χ2v) is 5.98. The van der Waals surface area contributed by atoms with Crippen molar-refractivity contribution in [1.82, 2.24) is 9.88 Å². The van der Waals surface area contributed by atoms with Gasteiger partial charge in [0.2, 0.25) is 5.91 Å². The van der Waals surface area contributed by atoms with Gasteiger partial charge in [-0.05, 0) is 25.0 Å². The Hall–Kier alpha value is -2.15. The van der Waals surface area contributed by atoms with Crippen LogP contribution < -0.4 is 4.90 Å². The Morgan fingerprint density at radius 3 is 2.70 bits per heavy atom. The molecule has 1 N–H and O–H groups in total. The number of amides is 1. The number of carboxylic acids is 1. The quantitative estimate of drug-likeness (QED) is 0.891. The van der Waals surface area contributed by atoms with Gasteiger partial charge in [0.05, 0.1) is 6.10 Å². The van der Waals surface area contributed by atoms with Gasteiger partial charge in [-0.1, -0.05) is 6.07 Å². The zero-order chi connectivity index (χ0) is 16.4. The van der Waals surface area contributed by atoms with Crippen molar-refractivity contribution < 1.29 is 19.4 Å². The minimum absolute atomic E-state index is 0.0178. The summed E-state index contributed by atoms with van der Waals surface area (Å²) in [5, 5.41) is 9.12. The van der Waals surface area contributed by atoms with E-state index in [1.165, 1.54) is 6.07 Å². The van der Waals surface area contributed by atoms with E-state index in [1.807, 2.05) is 9.80 Å². The molecule has 2 saturated heterocycles. The van der Waals surface area contributed by atoms with Gasteiger partial charge in [-0.3, -0.25) is 4.79 Å². The third-order valence-corrected chi connectivity index (χ3v) is 4.55. The summed E-state index contributed by atoms with van der Waals surface area (Å²) in [5.74, 6) is -0.469. The normalized spacial score (nSPS) is 24.2. The lowest BCUT2D eigenvalue weighted by Crippen LogP contribution is -2.45. The molecule has 0 aromatic carbocycles. The van der Waals surface area contributed by atoms with Gasteiger partial charge in [0.25, 0.3) is 0 Å². The molecule has 3 heterocycles. The van der Waals surface area contributed by atoms with Gasteiger partial charge >= 0.3 is 5.97 Å². The number of ether oxygens (including phenoxy) is 1. The molecule has 0 spiro atoms.